The summed E-state index contributed by atoms with van der Waals surface area (Å²) in [4.78, 5) is 42.8. The fraction of sp³-hybridized carbons (Fsp3) is 0.300. The largest absolute Gasteiger partial charge is 0.480 e. The van der Waals surface area contributed by atoms with Crippen molar-refractivity contribution >= 4 is 18.0 Å². The van der Waals surface area contributed by atoms with Crippen molar-refractivity contribution in [2.24, 2.45) is 0 Å². The molecule has 5 rings (SSSR count). The SMILES string of the molecule is Cc1ccc(COC(=O)N2[C@H]3CC[C@@H]2[C@@H](C(=O)O)N(C(=O)C(c2ccccc2)c2ccccc2)C3)cc1. The van der Waals surface area contributed by atoms with Crippen LogP contribution in [0.15, 0.2) is 84.9 Å². The first kappa shape index (κ1) is 24.6. The van der Waals surface area contributed by atoms with Gasteiger partial charge in [-0.25, -0.2) is 9.59 Å². The average Bonchev–Trinajstić information content (AvgIpc) is 3.22. The zero-order valence-corrected chi connectivity index (χ0v) is 20.7. The van der Waals surface area contributed by atoms with Gasteiger partial charge in [0.15, 0.2) is 0 Å². The Morgan fingerprint density at radius 2 is 1.49 bits per heavy atom. The first-order valence-corrected chi connectivity index (χ1v) is 12.6. The molecule has 0 aromatic heterocycles. The van der Waals surface area contributed by atoms with E-state index in [-0.39, 0.29) is 25.1 Å². The second-order valence-corrected chi connectivity index (χ2v) is 9.77. The van der Waals surface area contributed by atoms with Crippen LogP contribution in [-0.4, -0.2) is 57.5 Å². The third kappa shape index (κ3) is 4.94. The molecule has 37 heavy (non-hydrogen) atoms. The van der Waals surface area contributed by atoms with Crippen molar-refractivity contribution in [2.45, 2.75) is 50.4 Å². The van der Waals surface area contributed by atoms with E-state index in [1.165, 1.54) is 4.90 Å². The van der Waals surface area contributed by atoms with Crippen LogP contribution in [0.5, 0.6) is 0 Å². The molecule has 3 atom stereocenters. The summed E-state index contributed by atoms with van der Waals surface area (Å²) in [7, 11) is 0. The molecule has 3 aromatic rings. The number of amides is 2. The van der Waals surface area contributed by atoms with Crippen LogP contribution in [-0.2, 0) is 20.9 Å². The molecule has 0 unspecified atom stereocenters. The number of rotatable bonds is 6. The summed E-state index contributed by atoms with van der Waals surface area (Å²) < 4.78 is 5.59. The molecule has 2 heterocycles. The van der Waals surface area contributed by atoms with E-state index in [0.717, 1.165) is 22.3 Å². The molecule has 2 aliphatic rings. The lowest BCUT2D eigenvalue weighted by molar-refractivity contribution is -0.156. The Balaban J connectivity index is 1.40. The topological polar surface area (TPSA) is 87.2 Å². The van der Waals surface area contributed by atoms with Gasteiger partial charge in [0.25, 0.3) is 0 Å². The zero-order valence-electron chi connectivity index (χ0n) is 20.7. The number of hydrogen-bond donors (Lipinski definition) is 1. The second kappa shape index (κ2) is 10.5. The molecule has 2 saturated heterocycles. The van der Waals surface area contributed by atoms with E-state index >= 15 is 0 Å². The van der Waals surface area contributed by atoms with Crippen molar-refractivity contribution in [1.29, 1.82) is 0 Å². The molecule has 1 N–H and O–H groups in total. The van der Waals surface area contributed by atoms with Gasteiger partial charge < -0.3 is 14.7 Å². The van der Waals surface area contributed by atoms with Crippen LogP contribution in [0.1, 0.15) is 41.0 Å². The van der Waals surface area contributed by atoms with Crippen LogP contribution >= 0.6 is 0 Å². The van der Waals surface area contributed by atoms with E-state index in [1.807, 2.05) is 91.9 Å². The summed E-state index contributed by atoms with van der Waals surface area (Å²) >= 11 is 0. The van der Waals surface area contributed by atoms with Gasteiger partial charge in [0.1, 0.15) is 12.6 Å². The van der Waals surface area contributed by atoms with E-state index < -0.39 is 30.1 Å². The molecule has 7 nitrogen and oxygen atoms in total. The van der Waals surface area contributed by atoms with Crippen molar-refractivity contribution < 1.29 is 24.2 Å². The Hall–Kier alpha value is -4.13. The Morgan fingerprint density at radius 3 is 2.05 bits per heavy atom. The van der Waals surface area contributed by atoms with Gasteiger partial charge in [-0.1, -0.05) is 90.5 Å². The van der Waals surface area contributed by atoms with Crippen LogP contribution in [0.3, 0.4) is 0 Å². The van der Waals surface area contributed by atoms with E-state index in [2.05, 4.69) is 0 Å². The lowest BCUT2D eigenvalue weighted by atomic mass is 9.88. The fourth-order valence-corrected chi connectivity index (χ4v) is 5.60. The summed E-state index contributed by atoms with van der Waals surface area (Å²) in [6, 6.07) is 24.5. The van der Waals surface area contributed by atoms with Crippen molar-refractivity contribution in [2.75, 3.05) is 6.54 Å². The maximum atomic E-state index is 14.1. The van der Waals surface area contributed by atoms with Crippen LogP contribution in [0, 0.1) is 6.92 Å². The highest BCUT2D eigenvalue weighted by Crippen LogP contribution is 2.38. The van der Waals surface area contributed by atoms with Gasteiger partial charge in [-0.3, -0.25) is 9.69 Å². The average molecular weight is 499 g/mol. The van der Waals surface area contributed by atoms with Gasteiger partial charge in [0, 0.05) is 6.54 Å². The molecule has 2 amide bonds. The van der Waals surface area contributed by atoms with Gasteiger partial charge in [0.05, 0.1) is 18.0 Å². The number of ether oxygens (including phenoxy) is 1. The number of likely N-dealkylation sites (tertiary alicyclic amines) is 1. The highest BCUT2D eigenvalue weighted by Gasteiger charge is 2.54. The van der Waals surface area contributed by atoms with E-state index in [4.69, 9.17) is 4.74 Å². The van der Waals surface area contributed by atoms with E-state index in [0.29, 0.717) is 12.8 Å². The van der Waals surface area contributed by atoms with Gasteiger partial charge in [0.2, 0.25) is 5.91 Å². The number of aliphatic carboxylic acids is 1. The number of nitrogens with zero attached hydrogens (tertiary/aromatic N) is 2. The molecular weight excluding hydrogens is 468 g/mol. The second-order valence-electron chi connectivity index (χ2n) is 9.77. The standard InChI is InChI=1S/C30H30N2O5/c1-20-12-14-21(15-13-20)19-37-30(36)32-24-16-17-25(32)27(29(34)35)31(18-24)28(33)26(22-8-4-2-5-9-22)23-10-6-3-7-11-23/h2-15,24-27H,16-19H2,1H3,(H,34,35)/t24-,25+,27-/m0/s1. The Morgan fingerprint density at radius 1 is 0.892 bits per heavy atom. The number of aryl methyl sites for hydroxylation is 1. The normalized spacial score (nSPS) is 20.6. The zero-order chi connectivity index (χ0) is 25.9. The fourth-order valence-electron chi connectivity index (χ4n) is 5.60. The van der Waals surface area contributed by atoms with E-state index in [9.17, 15) is 19.5 Å². The van der Waals surface area contributed by atoms with Crippen LogP contribution < -0.4 is 0 Å². The lowest BCUT2D eigenvalue weighted by Crippen LogP contribution is -2.65. The molecule has 3 aromatic carbocycles. The Kier molecular flexibility index (Phi) is 6.95. The minimum atomic E-state index is -1.15. The molecule has 0 spiro atoms. The number of carboxylic acid groups (broad SMARTS) is 1. The molecule has 0 saturated carbocycles. The van der Waals surface area contributed by atoms with Gasteiger partial charge >= 0.3 is 12.1 Å². The minimum Gasteiger partial charge on any atom is -0.480 e. The van der Waals surface area contributed by atoms with Crippen molar-refractivity contribution in [3.8, 4) is 0 Å². The number of carbonyl (C=O) groups is 3. The van der Waals surface area contributed by atoms with Crippen LogP contribution in [0.2, 0.25) is 0 Å². The molecule has 0 aliphatic carbocycles. The highest BCUT2D eigenvalue weighted by molar-refractivity contribution is 5.92. The Bertz CT molecular complexity index is 1220. The maximum absolute atomic E-state index is 14.1. The molecule has 2 aliphatic heterocycles. The van der Waals surface area contributed by atoms with Gasteiger partial charge in [-0.05, 0) is 36.5 Å². The van der Waals surface area contributed by atoms with E-state index in [1.54, 1.807) is 4.90 Å². The molecule has 2 fully saturated rings. The third-order valence-corrected chi connectivity index (χ3v) is 7.40. The first-order valence-electron chi connectivity index (χ1n) is 12.6. The predicted molar refractivity (Wildman–Crippen MR) is 138 cm³/mol. The smallest absolute Gasteiger partial charge is 0.410 e. The summed E-state index contributed by atoms with van der Waals surface area (Å²) in [6.45, 7) is 2.25. The molecule has 2 bridgehead atoms. The van der Waals surface area contributed by atoms with Crippen LogP contribution in [0.25, 0.3) is 0 Å². The number of carbonyl (C=O) groups excluding carboxylic acids is 2. The summed E-state index contributed by atoms with van der Waals surface area (Å²) in [5.74, 6) is -2.02. The predicted octanol–water partition coefficient (Wildman–Crippen LogP) is 4.59. The summed E-state index contributed by atoms with van der Waals surface area (Å²) in [6.07, 6.45) is 0.597. The third-order valence-electron chi connectivity index (χ3n) is 7.40. The molecular formula is C30H30N2O5. The summed E-state index contributed by atoms with van der Waals surface area (Å²) in [5.41, 5.74) is 3.58. The number of hydrogen-bond acceptors (Lipinski definition) is 4. The minimum absolute atomic E-state index is 0.111. The highest BCUT2D eigenvalue weighted by atomic mass is 16.6. The van der Waals surface area contributed by atoms with Gasteiger partial charge in [-0.2, -0.15) is 0 Å². The monoisotopic (exact) mass is 498 g/mol. The molecule has 190 valence electrons. The van der Waals surface area contributed by atoms with Crippen molar-refractivity contribution in [3.05, 3.63) is 107 Å². The number of fused-ring (bicyclic) bond motifs is 2. The number of carboxylic acids is 1. The quantitative estimate of drug-likeness (QED) is 0.537. The van der Waals surface area contributed by atoms with Crippen molar-refractivity contribution in [3.63, 3.8) is 0 Å². The van der Waals surface area contributed by atoms with Gasteiger partial charge in [-0.15, -0.1) is 0 Å². The first-order chi connectivity index (χ1) is 17.9. The van der Waals surface area contributed by atoms with Crippen LogP contribution in [0.4, 0.5) is 4.79 Å². The summed E-state index contributed by atoms with van der Waals surface area (Å²) in [5, 5.41) is 10.3. The number of benzene rings is 3. The Labute approximate surface area is 216 Å². The number of piperazine rings is 1. The maximum Gasteiger partial charge on any atom is 0.410 e. The molecule has 7 heteroatoms. The van der Waals surface area contributed by atoms with Crippen molar-refractivity contribution in [1.82, 2.24) is 9.80 Å². The molecule has 0 radical (unpaired) electrons. The lowest BCUT2D eigenvalue weighted by Gasteiger charge is -2.45.